The number of carbonyl (C=O) groups is 1. The van der Waals surface area contributed by atoms with Crippen LogP contribution in [0.1, 0.15) is 51.0 Å². The Morgan fingerprint density at radius 3 is 2.73 bits per heavy atom. The van der Waals surface area contributed by atoms with Crippen LogP contribution in [0.3, 0.4) is 0 Å². The first-order valence-corrected chi connectivity index (χ1v) is 8.61. The van der Waals surface area contributed by atoms with E-state index in [0.29, 0.717) is 0 Å². The van der Waals surface area contributed by atoms with Crippen LogP contribution in [0.25, 0.3) is 0 Å². The average molecular weight is 298 g/mol. The molecule has 1 atom stereocenters. The molecule has 0 bridgehead atoms. The van der Waals surface area contributed by atoms with Gasteiger partial charge in [-0.15, -0.1) is 0 Å². The Balaban J connectivity index is 1.74. The highest BCUT2D eigenvalue weighted by atomic mass is 16.2. The Kier molecular flexibility index (Phi) is 4.94. The highest BCUT2D eigenvalue weighted by molar-refractivity contribution is 5.97. The summed E-state index contributed by atoms with van der Waals surface area (Å²) in [5.41, 5.74) is 3.74. The van der Waals surface area contributed by atoms with Gasteiger partial charge >= 0.3 is 0 Å². The van der Waals surface area contributed by atoms with Crippen LogP contribution in [0.5, 0.6) is 0 Å². The zero-order chi connectivity index (χ0) is 15.4. The first-order valence-electron chi connectivity index (χ1n) is 8.61. The Hall–Kier alpha value is -1.61. The molecule has 0 radical (unpaired) electrons. The van der Waals surface area contributed by atoms with Crippen LogP contribution in [-0.4, -0.2) is 23.5 Å². The fourth-order valence-corrected chi connectivity index (χ4v) is 3.56. The molecule has 2 aliphatic rings. The number of unbranched alkanes of at least 4 members (excludes halogenated alkanes) is 1. The predicted octanol–water partition coefficient (Wildman–Crippen LogP) is 3.62. The Morgan fingerprint density at radius 1 is 1.18 bits per heavy atom. The van der Waals surface area contributed by atoms with Crippen LogP contribution in [0, 0.1) is 0 Å². The van der Waals surface area contributed by atoms with Crippen molar-refractivity contribution >= 4 is 5.91 Å². The Labute approximate surface area is 133 Å². The molecule has 1 aliphatic carbocycles. The quantitative estimate of drug-likeness (QED) is 0.870. The van der Waals surface area contributed by atoms with Gasteiger partial charge in [-0.2, -0.15) is 0 Å². The van der Waals surface area contributed by atoms with Crippen molar-refractivity contribution in [3.63, 3.8) is 0 Å². The van der Waals surface area contributed by atoms with Gasteiger partial charge in [0.05, 0.1) is 0 Å². The summed E-state index contributed by atoms with van der Waals surface area (Å²) in [6.07, 6.45) is 6.76. The van der Waals surface area contributed by atoms with Crippen LogP contribution in [0.2, 0.25) is 0 Å². The maximum atomic E-state index is 12.7. The molecule has 118 valence electrons. The van der Waals surface area contributed by atoms with Gasteiger partial charge < -0.3 is 4.90 Å². The molecule has 0 saturated heterocycles. The van der Waals surface area contributed by atoms with Crippen LogP contribution >= 0.6 is 0 Å². The summed E-state index contributed by atoms with van der Waals surface area (Å²) in [5.74, 6) is 0.286. The van der Waals surface area contributed by atoms with E-state index < -0.39 is 0 Å². The molecule has 1 heterocycles. The first-order chi connectivity index (χ1) is 10.8. The molecule has 0 spiro atoms. The first kappa shape index (κ1) is 15.3. The number of benzene rings is 1. The fraction of sp³-hybridized carbons (Fsp3) is 0.526. The number of nitrogens with one attached hydrogen (secondary N) is 1. The number of hydrogen-bond donors (Lipinski definition) is 1. The lowest BCUT2D eigenvalue weighted by Gasteiger charge is -2.28. The second-order valence-electron chi connectivity index (χ2n) is 6.33. The monoisotopic (exact) mass is 298 g/mol. The van der Waals surface area contributed by atoms with Gasteiger partial charge in [0.25, 0.3) is 5.91 Å². The van der Waals surface area contributed by atoms with Crippen molar-refractivity contribution in [2.24, 2.45) is 0 Å². The SMILES string of the molecule is CCCCN1C(=O)C2=C(CCCC2)[C@H]1NCc1ccccc1. The molecule has 0 fully saturated rings. The number of hydrogen-bond acceptors (Lipinski definition) is 2. The second kappa shape index (κ2) is 7.10. The van der Waals surface area contributed by atoms with Crippen molar-refractivity contribution < 1.29 is 4.79 Å². The van der Waals surface area contributed by atoms with Crippen LogP contribution in [0.15, 0.2) is 41.5 Å². The molecule has 1 aromatic carbocycles. The van der Waals surface area contributed by atoms with E-state index in [1.165, 1.54) is 17.6 Å². The van der Waals surface area contributed by atoms with Crippen molar-refractivity contribution in [1.29, 1.82) is 0 Å². The molecule has 1 amide bonds. The van der Waals surface area contributed by atoms with E-state index in [4.69, 9.17) is 0 Å². The molecule has 1 aromatic rings. The Bertz CT molecular complexity index is 550. The largest absolute Gasteiger partial charge is 0.319 e. The van der Waals surface area contributed by atoms with Gasteiger partial charge in [-0.1, -0.05) is 43.7 Å². The highest BCUT2D eigenvalue weighted by Crippen LogP contribution is 2.35. The molecule has 1 N–H and O–H groups in total. The molecule has 22 heavy (non-hydrogen) atoms. The standard InChI is InChI=1S/C19H26N2O/c1-2-3-13-21-18(20-14-15-9-5-4-6-10-15)16-11-7-8-12-17(16)19(21)22/h4-6,9-10,18,20H,2-3,7-8,11-14H2,1H3/t18-/m0/s1. The van der Waals surface area contributed by atoms with Crippen molar-refractivity contribution in [2.75, 3.05) is 6.54 Å². The molecule has 1 aliphatic heterocycles. The molecule has 0 aromatic heterocycles. The molecule has 3 rings (SSSR count). The number of carbonyl (C=O) groups excluding carboxylic acids is 1. The van der Waals surface area contributed by atoms with Gasteiger partial charge in [0.2, 0.25) is 0 Å². The number of nitrogens with zero attached hydrogens (tertiary/aromatic N) is 1. The van der Waals surface area contributed by atoms with Gasteiger partial charge in [0, 0.05) is 18.7 Å². The maximum Gasteiger partial charge on any atom is 0.251 e. The topological polar surface area (TPSA) is 32.3 Å². The van der Waals surface area contributed by atoms with E-state index in [1.54, 1.807) is 0 Å². The summed E-state index contributed by atoms with van der Waals surface area (Å²) in [5, 5.41) is 3.63. The molecule has 3 nitrogen and oxygen atoms in total. The summed E-state index contributed by atoms with van der Waals surface area (Å²) >= 11 is 0. The van der Waals surface area contributed by atoms with Gasteiger partial charge in [-0.25, -0.2) is 0 Å². The zero-order valence-electron chi connectivity index (χ0n) is 13.5. The third-order valence-corrected chi connectivity index (χ3v) is 4.77. The molecule has 3 heteroatoms. The predicted molar refractivity (Wildman–Crippen MR) is 89.2 cm³/mol. The van der Waals surface area contributed by atoms with Gasteiger partial charge in [0.1, 0.15) is 6.17 Å². The molecule has 0 saturated carbocycles. The van der Waals surface area contributed by atoms with E-state index in [2.05, 4.69) is 41.4 Å². The maximum absolute atomic E-state index is 12.7. The van der Waals surface area contributed by atoms with Gasteiger partial charge in [-0.05, 0) is 43.2 Å². The normalized spacial score (nSPS) is 21.4. The van der Waals surface area contributed by atoms with E-state index in [-0.39, 0.29) is 12.1 Å². The molecule has 0 unspecified atom stereocenters. The summed E-state index contributed by atoms with van der Waals surface area (Å²) < 4.78 is 0. The lowest BCUT2D eigenvalue weighted by molar-refractivity contribution is -0.127. The fourth-order valence-electron chi connectivity index (χ4n) is 3.56. The minimum absolute atomic E-state index is 0.120. The third kappa shape index (κ3) is 3.09. The molecular weight excluding hydrogens is 272 g/mol. The summed E-state index contributed by atoms with van der Waals surface area (Å²) in [7, 11) is 0. The van der Waals surface area contributed by atoms with E-state index in [9.17, 15) is 4.79 Å². The average Bonchev–Trinajstić information content (AvgIpc) is 2.84. The summed E-state index contributed by atoms with van der Waals surface area (Å²) in [4.78, 5) is 14.8. The van der Waals surface area contributed by atoms with Gasteiger partial charge in [-0.3, -0.25) is 10.1 Å². The highest BCUT2D eigenvalue weighted by Gasteiger charge is 2.38. The molecular formula is C19H26N2O. The minimum atomic E-state index is 0.120. The van der Waals surface area contributed by atoms with Gasteiger partial charge in [0.15, 0.2) is 0 Å². The number of rotatable bonds is 6. The van der Waals surface area contributed by atoms with Crippen LogP contribution < -0.4 is 5.32 Å². The van der Waals surface area contributed by atoms with Crippen molar-refractivity contribution in [1.82, 2.24) is 10.2 Å². The minimum Gasteiger partial charge on any atom is -0.319 e. The lowest BCUT2D eigenvalue weighted by Crippen LogP contribution is -2.45. The zero-order valence-corrected chi connectivity index (χ0v) is 13.5. The van der Waals surface area contributed by atoms with Crippen LogP contribution in [0.4, 0.5) is 0 Å². The van der Waals surface area contributed by atoms with Crippen molar-refractivity contribution in [3.8, 4) is 0 Å². The van der Waals surface area contributed by atoms with Crippen molar-refractivity contribution in [2.45, 2.75) is 58.2 Å². The third-order valence-electron chi connectivity index (χ3n) is 4.77. The summed E-state index contributed by atoms with van der Waals surface area (Å²) in [6, 6.07) is 10.4. The lowest BCUT2D eigenvalue weighted by atomic mass is 9.92. The van der Waals surface area contributed by atoms with Crippen molar-refractivity contribution in [3.05, 3.63) is 47.0 Å². The smallest absolute Gasteiger partial charge is 0.251 e. The number of amides is 1. The second-order valence-corrected chi connectivity index (χ2v) is 6.33. The Morgan fingerprint density at radius 2 is 1.95 bits per heavy atom. The summed E-state index contributed by atoms with van der Waals surface area (Å²) in [6.45, 7) is 3.87. The van der Waals surface area contributed by atoms with E-state index in [1.807, 2.05) is 6.07 Å². The van der Waals surface area contributed by atoms with E-state index >= 15 is 0 Å². The van der Waals surface area contributed by atoms with Crippen LogP contribution in [-0.2, 0) is 11.3 Å². The van der Waals surface area contributed by atoms with E-state index in [0.717, 1.165) is 50.8 Å².